The highest BCUT2D eigenvalue weighted by molar-refractivity contribution is 5.10. The molecule has 0 bridgehead atoms. The summed E-state index contributed by atoms with van der Waals surface area (Å²) in [5.74, 6) is 2.91. The van der Waals surface area contributed by atoms with Crippen LogP contribution in [0, 0.1) is 40.4 Å². The number of rotatable bonds is 3. The summed E-state index contributed by atoms with van der Waals surface area (Å²) >= 11 is 0. The predicted octanol–water partition coefficient (Wildman–Crippen LogP) is 7.13. The lowest BCUT2D eigenvalue weighted by atomic mass is 9.43. The standard InChI is InChI=1S/C24H39F3O/c1-4-23(28)14-13-22(3)17(15-23)5-7-18-19-8-6-16(9-12-24(25,26)27)21(19,2)11-10-20(18)22/h16-20,28H,4-15H2,1-3H3/t16?,17?,18?,19?,20?,21?,22?,23-/m0/s1. The Morgan fingerprint density at radius 3 is 2.29 bits per heavy atom. The molecule has 28 heavy (non-hydrogen) atoms. The van der Waals surface area contributed by atoms with Crippen LogP contribution in [0.15, 0.2) is 0 Å². The molecule has 0 spiro atoms. The molecule has 4 fully saturated rings. The van der Waals surface area contributed by atoms with Crippen LogP contribution in [0.5, 0.6) is 0 Å². The van der Waals surface area contributed by atoms with Gasteiger partial charge >= 0.3 is 6.18 Å². The summed E-state index contributed by atoms with van der Waals surface area (Å²) in [6, 6.07) is 0. The quantitative estimate of drug-likeness (QED) is 0.534. The summed E-state index contributed by atoms with van der Waals surface area (Å²) in [6.07, 6.45) is 6.46. The number of fused-ring (bicyclic) bond motifs is 5. The van der Waals surface area contributed by atoms with E-state index in [1.54, 1.807) is 0 Å². The summed E-state index contributed by atoms with van der Waals surface area (Å²) in [5.41, 5.74) is -0.0135. The Bertz CT molecular complexity index is 589. The second-order valence-electron chi connectivity index (χ2n) is 11.4. The summed E-state index contributed by atoms with van der Waals surface area (Å²) in [6.45, 7) is 6.93. The lowest BCUT2D eigenvalue weighted by molar-refractivity contribution is -0.156. The van der Waals surface area contributed by atoms with Crippen LogP contribution in [0.1, 0.15) is 97.8 Å². The summed E-state index contributed by atoms with van der Waals surface area (Å²) in [5, 5.41) is 10.9. The minimum Gasteiger partial charge on any atom is -0.390 e. The van der Waals surface area contributed by atoms with E-state index in [0.717, 1.165) is 44.9 Å². The number of hydrogen-bond donors (Lipinski definition) is 1. The molecule has 0 amide bonds. The van der Waals surface area contributed by atoms with Gasteiger partial charge in [-0.1, -0.05) is 20.8 Å². The molecule has 0 aromatic carbocycles. The van der Waals surface area contributed by atoms with Crippen molar-refractivity contribution in [2.75, 3.05) is 0 Å². The molecule has 0 radical (unpaired) electrons. The lowest BCUT2D eigenvalue weighted by Gasteiger charge is -2.62. The largest absolute Gasteiger partial charge is 0.390 e. The Hall–Kier alpha value is -0.250. The molecule has 1 nitrogen and oxygen atoms in total. The van der Waals surface area contributed by atoms with Gasteiger partial charge in [0.05, 0.1) is 5.60 Å². The zero-order valence-electron chi connectivity index (χ0n) is 18.0. The van der Waals surface area contributed by atoms with E-state index in [0.29, 0.717) is 35.5 Å². The van der Waals surface area contributed by atoms with E-state index in [2.05, 4.69) is 20.8 Å². The van der Waals surface area contributed by atoms with Crippen LogP contribution in [-0.4, -0.2) is 16.9 Å². The van der Waals surface area contributed by atoms with Gasteiger partial charge in [0, 0.05) is 6.42 Å². The molecule has 4 saturated carbocycles. The van der Waals surface area contributed by atoms with Crippen molar-refractivity contribution < 1.29 is 18.3 Å². The van der Waals surface area contributed by atoms with Crippen molar-refractivity contribution in [3.05, 3.63) is 0 Å². The third-order valence-electron chi connectivity index (χ3n) is 10.5. The molecular weight excluding hydrogens is 361 g/mol. The Balaban J connectivity index is 1.50. The summed E-state index contributed by atoms with van der Waals surface area (Å²) < 4.78 is 38.5. The van der Waals surface area contributed by atoms with Gasteiger partial charge in [0.2, 0.25) is 0 Å². The maximum atomic E-state index is 12.8. The minimum absolute atomic E-state index is 0.119. The minimum atomic E-state index is -4.02. The molecule has 4 aliphatic carbocycles. The first-order chi connectivity index (χ1) is 13.0. The highest BCUT2D eigenvalue weighted by Gasteiger charge is 2.61. The number of hydrogen-bond acceptors (Lipinski definition) is 1. The van der Waals surface area contributed by atoms with E-state index in [9.17, 15) is 18.3 Å². The van der Waals surface area contributed by atoms with E-state index < -0.39 is 18.2 Å². The van der Waals surface area contributed by atoms with Gasteiger partial charge in [0.25, 0.3) is 0 Å². The normalized spacial score (nSPS) is 51.3. The topological polar surface area (TPSA) is 20.2 Å². The zero-order chi connectivity index (χ0) is 20.4. The maximum Gasteiger partial charge on any atom is 0.389 e. The molecule has 4 heteroatoms. The average molecular weight is 401 g/mol. The van der Waals surface area contributed by atoms with E-state index in [-0.39, 0.29) is 11.3 Å². The van der Waals surface area contributed by atoms with Gasteiger partial charge in [-0.05, 0) is 111 Å². The van der Waals surface area contributed by atoms with Crippen molar-refractivity contribution in [3.8, 4) is 0 Å². The molecule has 0 heterocycles. The molecular formula is C24H39F3O. The smallest absolute Gasteiger partial charge is 0.389 e. The first kappa shape index (κ1) is 21.0. The molecule has 8 atom stereocenters. The van der Waals surface area contributed by atoms with Crippen molar-refractivity contribution >= 4 is 0 Å². The molecule has 0 saturated heterocycles. The van der Waals surface area contributed by atoms with Crippen molar-refractivity contribution in [3.63, 3.8) is 0 Å². The number of aliphatic hydroxyl groups is 1. The Labute approximate surface area is 168 Å². The van der Waals surface area contributed by atoms with Crippen LogP contribution in [0.3, 0.4) is 0 Å². The first-order valence-electron chi connectivity index (χ1n) is 11.8. The monoisotopic (exact) mass is 400 g/mol. The van der Waals surface area contributed by atoms with Crippen LogP contribution in [0.4, 0.5) is 13.2 Å². The van der Waals surface area contributed by atoms with E-state index in [4.69, 9.17) is 0 Å². The highest BCUT2D eigenvalue weighted by Crippen LogP contribution is 2.68. The first-order valence-corrected chi connectivity index (χ1v) is 11.8. The van der Waals surface area contributed by atoms with Gasteiger partial charge in [-0.25, -0.2) is 0 Å². The van der Waals surface area contributed by atoms with Gasteiger partial charge in [-0.2, -0.15) is 13.2 Å². The van der Waals surface area contributed by atoms with E-state index >= 15 is 0 Å². The van der Waals surface area contributed by atoms with Gasteiger partial charge < -0.3 is 5.11 Å². The predicted molar refractivity (Wildman–Crippen MR) is 106 cm³/mol. The zero-order valence-corrected chi connectivity index (χ0v) is 18.0. The fourth-order valence-electron chi connectivity index (χ4n) is 8.56. The molecule has 162 valence electrons. The van der Waals surface area contributed by atoms with Gasteiger partial charge in [0.1, 0.15) is 0 Å². The van der Waals surface area contributed by atoms with Crippen LogP contribution in [0.25, 0.3) is 0 Å². The van der Waals surface area contributed by atoms with Crippen LogP contribution < -0.4 is 0 Å². The highest BCUT2D eigenvalue weighted by atomic mass is 19.4. The molecule has 4 aliphatic rings. The Morgan fingerprint density at radius 1 is 0.893 bits per heavy atom. The van der Waals surface area contributed by atoms with Crippen molar-refractivity contribution in [1.29, 1.82) is 0 Å². The van der Waals surface area contributed by atoms with Crippen molar-refractivity contribution in [2.45, 2.75) is 110 Å². The maximum absolute atomic E-state index is 12.8. The van der Waals surface area contributed by atoms with E-state index in [1.807, 2.05) is 0 Å². The van der Waals surface area contributed by atoms with Gasteiger partial charge in [-0.15, -0.1) is 0 Å². The molecule has 7 unspecified atom stereocenters. The third-order valence-corrected chi connectivity index (χ3v) is 10.5. The fourth-order valence-corrected chi connectivity index (χ4v) is 8.56. The molecule has 0 aliphatic heterocycles. The Morgan fingerprint density at radius 2 is 1.61 bits per heavy atom. The number of alkyl halides is 3. The number of halogens is 3. The second-order valence-corrected chi connectivity index (χ2v) is 11.4. The Kier molecular flexibility index (Phi) is 5.16. The summed E-state index contributed by atoms with van der Waals surface area (Å²) in [7, 11) is 0. The van der Waals surface area contributed by atoms with Crippen molar-refractivity contribution in [1.82, 2.24) is 0 Å². The SMILES string of the molecule is CC[C@]1(O)CCC2(C)C(CCC3C4CCC(CCC(F)(F)F)C4(C)CCC32)C1. The van der Waals surface area contributed by atoms with Crippen LogP contribution >= 0.6 is 0 Å². The molecule has 0 aromatic rings. The van der Waals surface area contributed by atoms with Crippen LogP contribution in [0.2, 0.25) is 0 Å². The summed E-state index contributed by atoms with van der Waals surface area (Å²) in [4.78, 5) is 0. The average Bonchev–Trinajstić information content (AvgIpc) is 2.96. The third kappa shape index (κ3) is 3.34. The lowest BCUT2D eigenvalue weighted by Crippen LogP contribution is -2.55. The molecule has 4 rings (SSSR count). The van der Waals surface area contributed by atoms with E-state index in [1.165, 1.54) is 19.3 Å². The van der Waals surface area contributed by atoms with Crippen molar-refractivity contribution in [2.24, 2.45) is 40.4 Å². The van der Waals surface area contributed by atoms with Crippen LogP contribution in [-0.2, 0) is 0 Å². The molecule has 0 aromatic heterocycles. The fraction of sp³-hybridized carbons (Fsp3) is 1.00. The van der Waals surface area contributed by atoms with Gasteiger partial charge in [-0.3, -0.25) is 0 Å². The molecule has 1 N–H and O–H groups in total. The van der Waals surface area contributed by atoms with Gasteiger partial charge in [0.15, 0.2) is 0 Å². The second kappa shape index (κ2) is 6.89.